The summed E-state index contributed by atoms with van der Waals surface area (Å²) >= 11 is 0. The van der Waals surface area contributed by atoms with E-state index in [-0.39, 0.29) is 18.3 Å². The van der Waals surface area contributed by atoms with Crippen molar-refractivity contribution in [2.45, 2.75) is 39.2 Å². The molecule has 1 aliphatic heterocycles. The van der Waals surface area contributed by atoms with E-state index in [1.807, 2.05) is 0 Å². The van der Waals surface area contributed by atoms with Crippen molar-refractivity contribution >= 4 is 5.91 Å². The standard InChI is InChI=1S/C21H27FN4O/c1-2-9-26-10-7-16(8-11-26)12-20-18(14-23-15-25-20)21(27)24-13-17-5-3-4-6-19(17)22/h3-6,14-16H,2,7-13H2,1H3,(H,24,27). The maximum Gasteiger partial charge on any atom is 0.254 e. The molecule has 0 radical (unpaired) electrons. The molecule has 6 heteroatoms. The summed E-state index contributed by atoms with van der Waals surface area (Å²) in [5.74, 6) is -0.0374. The number of likely N-dealkylation sites (tertiary alicyclic amines) is 1. The molecule has 0 aliphatic carbocycles. The number of nitrogens with zero attached hydrogens (tertiary/aromatic N) is 3. The molecule has 0 bridgehead atoms. The highest BCUT2D eigenvalue weighted by atomic mass is 19.1. The second-order valence-electron chi connectivity index (χ2n) is 7.15. The van der Waals surface area contributed by atoms with Gasteiger partial charge in [0.15, 0.2) is 0 Å². The van der Waals surface area contributed by atoms with Crippen molar-refractivity contribution in [2.24, 2.45) is 5.92 Å². The molecule has 1 saturated heterocycles. The van der Waals surface area contributed by atoms with E-state index in [1.54, 1.807) is 24.4 Å². The largest absolute Gasteiger partial charge is 0.348 e. The first-order valence-corrected chi connectivity index (χ1v) is 9.70. The highest BCUT2D eigenvalue weighted by Gasteiger charge is 2.22. The summed E-state index contributed by atoms with van der Waals surface area (Å²) in [6.45, 7) is 5.73. The van der Waals surface area contributed by atoms with Gasteiger partial charge in [-0.3, -0.25) is 4.79 Å². The third-order valence-electron chi connectivity index (χ3n) is 5.17. The molecule has 1 N–H and O–H groups in total. The third-order valence-corrected chi connectivity index (χ3v) is 5.17. The smallest absolute Gasteiger partial charge is 0.254 e. The minimum absolute atomic E-state index is 0.148. The van der Waals surface area contributed by atoms with Gasteiger partial charge in [0.2, 0.25) is 0 Å². The number of piperidine rings is 1. The van der Waals surface area contributed by atoms with Crippen LogP contribution in [0.1, 0.15) is 47.8 Å². The van der Waals surface area contributed by atoms with Crippen LogP contribution in [0.2, 0.25) is 0 Å². The Morgan fingerprint density at radius 1 is 1.30 bits per heavy atom. The predicted molar refractivity (Wildman–Crippen MR) is 103 cm³/mol. The zero-order valence-electron chi connectivity index (χ0n) is 15.8. The minimum Gasteiger partial charge on any atom is -0.348 e. The summed E-state index contributed by atoms with van der Waals surface area (Å²) in [4.78, 5) is 23.5. The van der Waals surface area contributed by atoms with Crippen molar-refractivity contribution in [3.63, 3.8) is 0 Å². The highest BCUT2D eigenvalue weighted by Crippen LogP contribution is 2.22. The molecular formula is C21H27FN4O. The van der Waals surface area contributed by atoms with Gasteiger partial charge >= 0.3 is 0 Å². The summed E-state index contributed by atoms with van der Waals surface area (Å²) < 4.78 is 13.7. The molecule has 144 valence electrons. The zero-order valence-corrected chi connectivity index (χ0v) is 15.8. The van der Waals surface area contributed by atoms with Crippen LogP contribution in [0.5, 0.6) is 0 Å². The Hall–Kier alpha value is -2.34. The first-order chi connectivity index (χ1) is 13.2. The molecule has 1 amide bonds. The van der Waals surface area contributed by atoms with Crippen molar-refractivity contribution in [1.29, 1.82) is 0 Å². The third kappa shape index (κ3) is 5.32. The molecule has 0 atom stereocenters. The molecule has 1 aromatic carbocycles. The Balaban J connectivity index is 1.60. The molecule has 5 nitrogen and oxygen atoms in total. The lowest BCUT2D eigenvalue weighted by Crippen LogP contribution is -2.35. The van der Waals surface area contributed by atoms with Gasteiger partial charge in [-0.1, -0.05) is 25.1 Å². The molecule has 3 rings (SSSR count). The molecule has 1 fully saturated rings. The van der Waals surface area contributed by atoms with Crippen LogP contribution in [-0.2, 0) is 13.0 Å². The zero-order chi connectivity index (χ0) is 19.1. The molecule has 0 unspecified atom stereocenters. The predicted octanol–water partition coefficient (Wildman–Crippen LogP) is 3.21. The van der Waals surface area contributed by atoms with Crippen molar-refractivity contribution < 1.29 is 9.18 Å². The average Bonchev–Trinajstić information content (AvgIpc) is 2.69. The van der Waals surface area contributed by atoms with Crippen LogP contribution < -0.4 is 5.32 Å². The Morgan fingerprint density at radius 3 is 2.81 bits per heavy atom. The number of amides is 1. The Morgan fingerprint density at radius 2 is 2.07 bits per heavy atom. The summed E-state index contributed by atoms with van der Waals surface area (Å²) in [6, 6.07) is 6.45. The van der Waals surface area contributed by atoms with Crippen molar-refractivity contribution in [3.05, 3.63) is 59.4 Å². The number of halogens is 1. The van der Waals surface area contributed by atoms with E-state index in [9.17, 15) is 9.18 Å². The number of hydrogen-bond acceptors (Lipinski definition) is 4. The highest BCUT2D eigenvalue weighted by molar-refractivity contribution is 5.94. The van der Waals surface area contributed by atoms with E-state index in [0.29, 0.717) is 17.0 Å². The fourth-order valence-electron chi connectivity index (χ4n) is 3.62. The van der Waals surface area contributed by atoms with Gasteiger partial charge in [-0.05, 0) is 57.3 Å². The number of rotatable bonds is 7. The van der Waals surface area contributed by atoms with Crippen LogP contribution in [0, 0.1) is 11.7 Å². The minimum atomic E-state index is -0.318. The van der Waals surface area contributed by atoms with Crippen LogP contribution in [0.25, 0.3) is 0 Å². The van der Waals surface area contributed by atoms with Crippen molar-refractivity contribution in [3.8, 4) is 0 Å². The van der Waals surface area contributed by atoms with Gasteiger partial charge in [-0.25, -0.2) is 14.4 Å². The molecule has 2 heterocycles. The van der Waals surface area contributed by atoms with Crippen molar-refractivity contribution in [2.75, 3.05) is 19.6 Å². The van der Waals surface area contributed by atoms with Crippen LogP contribution in [0.15, 0.2) is 36.8 Å². The van der Waals surface area contributed by atoms with Gasteiger partial charge in [0.25, 0.3) is 5.91 Å². The second kappa shape index (κ2) is 9.55. The number of nitrogens with one attached hydrogen (secondary N) is 1. The summed E-state index contributed by atoms with van der Waals surface area (Å²) in [5, 5.41) is 2.79. The van der Waals surface area contributed by atoms with Gasteiger partial charge < -0.3 is 10.2 Å². The number of carbonyl (C=O) groups excluding carboxylic acids is 1. The Labute approximate surface area is 160 Å². The topological polar surface area (TPSA) is 58.1 Å². The van der Waals surface area contributed by atoms with Gasteiger partial charge in [-0.15, -0.1) is 0 Å². The monoisotopic (exact) mass is 370 g/mol. The Kier molecular flexibility index (Phi) is 6.87. The van der Waals surface area contributed by atoms with Gasteiger partial charge in [0, 0.05) is 18.3 Å². The maximum atomic E-state index is 13.7. The van der Waals surface area contributed by atoms with Crippen LogP contribution in [0.4, 0.5) is 4.39 Å². The van der Waals surface area contributed by atoms with E-state index in [1.165, 1.54) is 18.8 Å². The van der Waals surface area contributed by atoms with Crippen LogP contribution in [-0.4, -0.2) is 40.4 Å². The fourth-order valence-corrected chi connectivity index (χ4v) is 3.62. The molecule has 0 spiro atoms. The molecule has 2 aromatic rings. The Bertz CT molecular complexity index is 759. The fraction of sp³-hybridized carbons (Fsp3) is 0.476. The van der Waals surface area contributed by atoms with Crippen LogP contribution >= 0.6 is 0 Å². The molecular weight excluding hydrogens is 343 g/mol. The molecule has 1 aromatic heterocycles. The number of benzene rings is 1. The molecule has 27 heavy (non-hydrogen) atoms. The second-order valence-corrected chi connectivity index (χ2v) is 7.15. The van der Waals surface area contributed by atoms with E-state index < -0.39 is 0 Å². The van der Waals surface area contributed by atoms with E-state index in [2.05, 4.69) is 27.1 Å². The SMILES string of the molecule is CCCN1CCC(Cc2ncncc2C(=O)NCc2ccccc2F)CC1. The number of carbonyl (C=O) groups is 1. The lowest BCUT2D eigenvalue weighted by Gasteiger charge is -2.31. The van der Waals surface area contributed by atoms with Crippen LogP contribution in [0.3, 0.4) is 0 Å². The van der Waals surface area contributed by atoms with E-state index in [4.69, 9.17) is 0 Å². The quantitative estimate of drug-likeness (QED) is 0.813. The average molecular weight is 370 g/mol. The van der Waals surface area contributed by atoms with Crippen molar-refractivity contribution in [1.82, 2.24) is 20.2 Å². The van der Waals surface area contributed by atoms with Gasteiger partial charge in [-0.2, -0.15) is 0 Å². The lowest BCUT2D eigenvalue weighted by atomic mass is 9.90. The lowest BCUT2D eigenvalue weighted by molar-refractivity contribution is 0.0948. The van der Waals surface area contributed by atoms with E-state index in [0.717, 1.165) is 44.6 Å². The summed E-state index contributed by atoms with van der Waals surface area (Å²) in [5.41, 5.74) is 1.74. The summed E-state index contributed by atoms with van der Waals surface area (Å²) in [6.07, 6.45) is 7.27. The first kappa shape index (κ1) is 19.4. The molecule has 1 aliphatic rings. The first-order valence-electron chi connectivity index (χ1n) is 9.70. The van der Waals surface area contributed by atoms with Gasteiger partial charge in [0.05, 0.1) is 11.3 Å². The normalized spacial score (nSPS) is 15.6. The number of hydrogen-bond donors (Lipinski definition) is 1. The van der Waals surface area contributed by atoms with Gasteiger partial charge in [0.1, 0.15) is 12.1 Å². The number of aromatic nitrogens is 2. The summed E-state index contributed by atoms with van der Waals surface area (Å²) in [7, 11) is 0. The maximum absolute atomic E-state index is 13.7. The van der Waals surface area contributed by atoms with E-state index >= 15 is 0 Å². The molecule has 0 saturated carbocycles.